The van der Waals surface area contributed by atoms with Crippen molar-refractivity contribution in [3.05, 3.63) is 56.4 Å². The molecule has 2 aromatic rings. The van der Waals surface area contributed by atoms with Crippen LogP contribution in [0.1, 0.15) is 19.4 Å². The molecule has 0 aliphatic carbocycles. The van der Waals surface area contributed by atoms with Crippen LogP contribution in [-0.4, -0.2) is 36.2 Å². The van der Waals surface area contributed by atoms with Crippen LogP contribution in [-0.2, 0) is 4.79 Å². The molecule has 3 rings (SSSR count). The van der Waals surface area contributed by atoms with Crippen molar-refractivity contribution in [1.82, 2.24) is 4.90 Å². The van der Waals surface area contributed by atoms with Crippen molar-refractivity contribution < 1.29 is 14.3 Å². The van der Waals surface area contributed by atoms with E-state index in [4.69, 9.17) is 27.5 Å². The van der Waals surface area contributed by atoms with Gasteiger partial charge in [-0.05, 0) is 81.6 Å². The normalized spacial score (nSPS) is 16.2. The largest absolute Gasteiger partial charge is 0.493 e. The summed E-state index contributed by atoms with van der Waals surface area (Å²) in [6, 6.07) is 10.9. The maximum Gasteiger partial charge on any atom is 0.266 e. The van der Waals surface area contributed by atoms with Crippen LogP contribution in [0.3, 0.4) is 0 Å². The molecule has 5 nitrogen and oxygen atoms in total. The van der Waals surface area contributed by atoms with Gasteiger partial charge in [0.2, 0.25) is 0 Å². The van der Waals surface area contributed by atoms with Crippen molar-refractivity contribution in [2.24, 2.45) is 10.9 Å². The number of benzene rings is 2. The third kappa shape index (κ3) is 5.89. The summed E-state index contributed by atoms with van der Waals surface area (Å²) in [6.07, 6.45) is 7.11. The number of carbonyl (C=O) groups is 1. The van der Waals surface area contributed by atoms with E-state index in [0.717, 1.165) is 11.3 Å². The number of methoxy groups -OCH3 is 1. The van der Waals surface area contributed by atoms with Gasteiger partial charge in [0, 0.05) is 11.6 Å². The first-order chi connectivity index (χ1) is 15.3. The Hall–Kier alpha value is -2.40. The number of amidine groups is 1. The topological polar surface area (TPSA) is 51.1 Å². The van der Waals surface area contributed by atoms with Gasteiger partial charge in [-0.2, -0.15) is 0 Å². The number of thioether (sulfide) groups is 1. The molecule has 1 aliphatic rings. The molecule has 1 saturated heterocycles. The highest BCUT2D eigenvalue weighted by Crippen LogP contribution is 2.39. The third-order valence-electron chi connectivity index (χ3n) is 4.34. The Morgan fingerprint density at radius 3 is 2.66 bits per heavy atom. The van der Waals surface area contributed by atoms with E-state index in [2.05, 4.69) is 40.7 Å². The predicted molar refractivity (Wildman–Crippen MR) is 136 cm³/mol. The van der Waals surface area contributed by atoms with E-state index < -0.39 is 0 Å². The maximum absolute atomic E-state index is 13.2. The number of halogens is 2. The first kappa shape index (κ1) is 24.2. The van der Waals surface area contributed by atoms with Crippen molar-refractivity contribution in [3.8, 4) is 23.8 Å². The lowest BCUT2D eigenvalue weighted by Gasteiger charge is -2.17. The summed E-state index contributed by atoms with van der Waals surface area (Å²) in [5.41, 5.74) is 1.52. The molecule has 0 saturated carbocycles. The van der Waals surface area contributed by atoms with Gasteiger partial charge in [-0.25, -0.2) is 4.99 Å². The summed E-state index contributed by atoms with van der Waals surface area (Å²) >= 11 is 10.8. The second-order valence-corrected chi connectivity index (χ2v) is 9.62. The third-order valence-corrected chi connectivity index (χ3v) is 6.18. The van der Waals surface area contributed by atoms with Gasteiger partial charge in [-0.3, -0.25) is 9.69 Å². The molecular formula is C24H22BrClN2O3S. The molecule has 166 valence electrons. The van der Waals surface area contributed by atoms with Gasteiger partial charge in [-0.15, -0.1) is 6.42 Å². The SMILES string of the molecule is C#CCOc1c(Br)cc(/C=C2\SC(=Nc3ccc(Cl)cc3)N(CC(C)C)C2=O)cc1OC. The second-order valence-electron chi connectivity index (χ2n) is 7.32. The van der Waals surface area contributed by atoms with Crippen molar-refractivity contribution in [1.29, 1.82) is 0 Å². The average Bonchev–Trinajstić information content (AvgIpc) is 3.02. The summed E-state index contributed by atoms with van der Waals surface area (Å²) < 4.78 is 11.7. The second kappa shape index (κ2) is 11.0. The molecule has 1 heterocycles. The van der Waals surface area contributed by atoms with Crippen LogP contribution >= 0.6 is 39.3 Å². The lowest BCUT2D eigenvalue weighted by Crippen LogP contribution is -2.32. The van der Waals surface area contributed by atoms with Crippen molar-refractivity contribution >= 4 is 62.1 Å². The van der Waals surface area contributed by atoms with E-state index in [-0.39, 0.29) is 18.4 Å². The minimum Gasteiger partial charge on any atom is -0.493 e. The lowest BCUT2D eigenvalue weighted by atomic mass is 10.1. The van der Waals surface area contributed by atoms with Crippen molar-refractivity contribution in [2.75, 3.05) is 20.3 Å². The van der Waals surface area contributed by atoms with E-state index in [1.165, 1.54) is 11.8 Å². The molecule has 1 aliphatic heterocycles. The van der Waals surface area contributed by atoms with Crippen LogP contribution < -0.4 is 9.47 Å². The molecule has 32 heavy (non-hydrogen) atoms. The molecule has 2 aromatic carbocycles. The number of amides is 1. The quantitative estimate of drug-likeness (QED) is 0.306. The number of hydrogen-bond acceptors (Lipinski definition) is 5. The van der Waals surface area contributed by atoms with Crippen LogP contribution in [0, 0.1) is 18.3 Å². The molecule has 0 spiro atoms. The van der Waals surface area contributed by atoms with Crippen LogP contribution in [0.25, 0.3) is 6.08 Å². The molecule has 8 heteroatoms. The number of nitrogens with zero attached hydrogens (tertiary/aromatic N) is 2. The molecule has 0 aromatic heterocycles. The van der Waals surface area contributed by atoms with Gasteiger partial charge in [0.25, 0.3) is 5.91 Å². The molecule has 1 amide bonds. The number of aliphatic imine (C=N–C) groups is 1. The fraction of sp³-hybridized carbons (Fsp3) is 0.250. The molecule has 0 radical (unpaired) electrons. The minimum absolute atomic E-state index is 0.0841. The van der Waals surface area contributed by atoms with Gasteiger partial charge in [0.05, 0.1) is 22.2 Å². The summed E-state index contributed by atoms with van der Waals surface area (Å²) in [5, 5.41) is 1.27. The Balaban J connectivity index is 1.97. The smallest absolute Gasteiger partial charge is 0.266 e. The Bertz CT molecular complexity index is 1110. The highest BCUT2D eigenvalue weighted by molar-refractivity contribution is 9.10. The minimum atomic E-state index is -0.0841. The standard InChI is InChI=1S/C24H22BrClN2O3S/c1-5-10-31-22-19(25)11-16(12-20(22)30-4)13-21-23(29)28(14-15(2)3)24(32-21)27-18-8-6-17(26)7-9-18/h1,6-9,11-13,15H,10,14H2,2-4H3/b21-13-,27-24?. The molecule has 0 unspecified atom stereocenters. The van der Waals surface area contributed by atoms with E-state index in [0.29, 0.717) is 37.6 Å². The van der Waals surface area contributed by atoms with Crippen LogP contribution in [0.15, 0.2) is 50.8 Å². The Labute approximate surface area is 206 Å². The highest BCUT2D eigenvalue weighted by atomic mass is 79.9. The summed E-state index contributed by atoms with van der Waals surface area (Å²) in [4.78, 5) is 20.2. The lowest BCUT2D eigenvalue weighted by molar-refractivity contribution is -0.122. The van der Waals surface area contributed by atoms with E-state index in [9.17, 15) is 4.79 Å². The summed E-state index contributed by atoms with van der Waals surface area (Å²) in [6.45, 7) is 4.83. The fourth-order valence-electron chi connectivity index (χ4n) is 2.97. The predicted octanol–water partition coefficient (Wildman–Crippen LogP) is 6.38. The van der Waals surface area contributed by atoms with E-state index >= 15 is 0 Å². The summed E-state index contributed by atoms with van der Waals surface area (Å²) in [7, 11) is 1.55. The highest BCUT2D eigenvalue weighted by Gasteiger charge is 2.33. The molecule has 0 bridgehead atoms. The Morgan fingerprint density at radius 1 is 1.31 bits per heavy atom. The zero-order valence-electron chi connectivity index (χ0n) is 17.9. The van der Waals surface area contributed by atoms with Gasteiger partial charge >= 0.3 is 0 Å². The van der Waals surface area contributed by atoms with Gasteiger partial charge < -0.3 is 9.47 Å². The van der Waals surface area contributed by atoms with Crippen molar-refractivity contribution in [3.63, 3.8) is 0 Å². The van der Waals surface area contributed by atoms with Crippen LogP contribution in [0.2, 0.25) is 5.02 Å². The van der Waals surface area contributed by atoms with Crippen LogP contribution in [0.5, 0.6) is 11.5 Å². The average molecular weight is 534 g/mol. The number of rotatable bonds is 7. The first-order valence-corrected chi connectivity index (χ1v) is 11.8. The number of ether oxygens (including phenoxy) is 2. The summed E-state index contributed by atoms with van der Waals surface area (Å²) in [5.74, 6) is 3.68. The zero-order valence-corrected chi connectivity index (χ0v) is 21.1. The Kier molecular flexibility index (Phi) is 8.30. The van der Waals surface area contributed by atoms with Gasteiger partial charge in [0.15, 0.2) is 16.7 Å². The monoisotopic (exact) mass is 532 g/mol. The number of hydrogen-bond donors (Lipinski definition) is 0. The number of carbonyl (C=O) groups excluding carboxylic acids is 1. The van der Waals surface area contributed by atoms with E-state index in [1.807, 2.05) is 24.3 Å². The van der Waals surface area contributed by atoms with Gasteiger partial charge in [-0.1, -0.05) is 31.4 Å². The maximum atomic E-state index is 13.2. The zero-order chi connectivity index (χ0) is 23.3. The van der Waals surface area contributed by atoms with Gasteiger partial charge in [0.1, 0.15) is 6.61 Å². The first-order valence-electron chi connectivity index (χ1n) is 9.81. The van der Waals surface area contributed by atoms with Crippen molar-refractivity contribution in [2.45, 2.75) is 13.8 Å². The fourth-order valence-corrected chi connectivity index (χ4v) is 4.68. The number of terminal acetylenes is 1. The van der Waals surface area contributed by atoms with Crippen LogP contribution in [0.4, 0.5) is 5.69 Å². The Morgan fingerprint density at radius 2 is 2.03 bits per heavy atom. The molecule has 0 N–H and O–H groups in total. The molecule has 0 atom stereocenters. The molecular weight excluding hydrogens is 512 g/mol. The molecule has 1 fully saturated rings. The van der Waals surface area contributed by atoms with E-state index in [1.54, 1.807) is 30.2 Å².